The first-order chi connectivity index (χ1) is 7.04. The maximum absolute atomic E-state index is 11.1. The molecule has 5 N–H and O–H groups in total. The van der Waals surface area contributed by atoms with Gasteiger partial charge in [-0.1, -0.05) is 0 Å². The van der Waals surface area contributed by atoms with Crippen LogP contribution in [0.5, 0.6) is 0 Å². The number of likely N-dealkylation sites (N-methyl/N-ethyl adjacent to an activating group) is 1. The van der Waals surface area contributed by atoms with E-state index in [-0.39, 0.29) is 24.7 Å². The fraction of sp³-hybridized carbons (Fsp3) is 0.375. The van der Waals surface area contributed by atoms with Gasteiger partial charge in [0.25, 0.3) is 0 Å². The van der Waals surface area contributed by atoms with Crippen LogP contribution in [0.2, 0.25) is 0 Å². The van der Waals surface area contributed by atoms with Gasteiger partial charge in [0, 0.05) is 7.05 Å². The molecule has 2 amide bonds. The molecule has 0 atom stereocenters. The van der Waals surface area contributed by atoms with Crippen molar-refractivity contribution in [3.05, 3.63) is 12.0 Å². The number of nitrogens with one attached hydrogen (secondary N) is 1. The van der Waals surface area contributed by atoms with Crippen molar-refractivity contribution in [3.63, 3.8) is 0 Å². The Kier molecular flexibility index (Phi) is 3.27. The van der Waals surface area contributed by atoms with Crippen LogP contribution in [0.3, 0.4) is 0 Å². The number of hydrogen-bond acceptors (Lipinski definition) is 4. The van der Waals surface area contributed by atoms with Crippen molar-refractivity contribution in [1.29, 1.82) is 0 Å². The van der Waals surface area contributed by atoms with Gasteiger partial charge in [-0.2, -0.15) is 0 Å². The van der Waals surface area contributed by atoms with Gasteiger partial charge in [0.15, 0.2) is 0 Å². The molecule has 1 heterocycles. The van der Waals surface area contributed by atoms with Crippen LogP contribution < -0.4 is 16.8 Å². The lowest BCUT2D eigenvalue weighted by Crippen LogP contribution is -2.24. The number of amides is 2. The maximum atomic E-state index is 11.1. The summed E-state index contributed by atoms with van der Waals surface area (Å²) in [5, 5.41) is 2.46. The molecule has 0 aromatic carbocycles. The highest BCUT2D eigenvalue weighted by atomic mass is 16.2. The number of rotatable bonds is 4. The van der Waals surface area contributed by atoms with Crippen molar-refractivity contribution >= 4 is 17.6 Å². The van der Waals surface area contributed by atoms with E-state index in [1.807, 2.05) is 0 Å². The van der Waals surface area contributed by atoms with E-state index in [0.29, 0.717) is 5.69 Å². The largest absolute Gasteiger partial charge is 0.384 e. The molecule has 82 valence electrons. The number of carbonyl (C=O) groups excluding carboxylic acids is 2. The lowest BCUT2D eigenvalue weighted by atomic mass is 10.3. The highest BCUT2D eigenvalue weighted by molar-refractivity contribution is 5.78. The number of hydrogen-bond donors (Lipinski definition) is 3. The van der Waals surface area contributed by atoms with Crippen molar-refractivity contribution < 1.29 is 9.59 Å². The molecule has 1 aromatic rings. The van der Waals surface area contributed by atoms with Gasteiger partial charge in [-0.05, 0) is 0 Å². The Labute approximate surface area is 86.4 Å². The molecule has 0 aliphatic carbocycles. The number of primary amides is 1. The van der Waals surface area contributed by atoms with E-state index in [1.165, 1.54) is 17.9 Å². The summed E-state index contributed by atoms with van der Waals surface area (Å²) in [5.41, 5.74) is 11.1. The minimum Gasteiger partial charge on any atom is -0.384 e. The van der Waals surface area contributed by atoms with E-state index in [2.05, 4.69) is 10.3 Å². The zero-order chi connectivity index (χ0) is 11.4. The molecule has 1 rings (SSSR count). The van der Waals surface area contributed by atoms with Gasteiger partial charge >= 0.3 is 0 Å². The second kappa shape index (κ2) is 4.45. The first-order valence-corrected chi connectivity index (χ1v) is 4.33. The molecule has 0 saturated heterocycles. The molecular weight excluding hydrogens is 198 g/mol. The zero-order valence-corrected chi connectivity index (χ0v) is 8.36. The Balaban J connectivity index is 2.79. The normalized spacial score (nSPS) is 9.93. The molecule has 0 fully saturated rings. The molecule has 7 nitrogen and oxygen atoms in total. The number of nitrogens with zero attached hydrogens (tertiary/aromatic N) is 2. The van der Waals surface area contributed by atoms with Gasteiger partial charge < -0.3 is 21.4 Å². The fourth-order valence-electron chi connectivity index (χ4n) is 1.09. The number of carbonyl (C=O) groups is 2. The van der Waals surface area contributed by atoms with E-state index < -0.39 is 5.91 Å². The summed E-state index contributed by atoms with van der Waals surface area (Å²) < 4.78 is 1.46. The summed E-state index contributed by atoms with van der Waals surface area (Å²) in [6.07, 6.45) is 1.38. The topological polar surface area (TPSA) is 116 Å². The summed E-state index contributed by atoms with van der Waals surface area (Å²) in [6, 6.07) is 0. The number of nitrogen functional groups attached to an aromatic ring is 1. The van der Waals surface area contributed by atoms with E-state index in [9.17, 15) is 9.59 Å². The second-order valence-corrected chi connectivity index (χ2v) is 3.02. The summed E-state index contributed by atoms with van der Waals surface area (Å²) >= 11 is 0. The summed E-state index contributed by atoms with van der Waals surface area (Å²) in [7, 11) is 1.53. The van der Waals surface area contributed by atoms with Gasteiger partial charge in [-0.15, -0.1) is 0 Å². The van der Waals surface area contributed by atoms with E-state index in [0.717, 1.165) is 0 Å². The Bertz CT molecular complexity index is 384. The van der Waals surface area contributed by atoms with Crippen molar-refractivity contribution in [2.75, 3.05) is 12.8 Å². The van der Waals surface area contributed by atoms with E-state index in [1.54, 1.807) is 0 Å². The van der Waals surface area contributed by atoms with E-state index >= 15 is 0 Å². The average molecular weight is 211 g/mol. The highest BCUT2D eigenvalue weighted by Crippen LogP contribution is 2.09. The number of anilines is 1. The molecule has 0 radical (unpaired) electrons. The van der Waals surface area contributed by atoms with Crippen LogP contribution in [0, 0.1) is 0 Å². The Hall–Kier alpha value is -2.05. The molecule has 0 aliphatic rings. The molecule has 1 aromatic heterocycles. The molecule has 0 spiro atoms. The number of nitrogens with two attached hydrogens (primary N) is 2. The van der Waals surface area contributed by atoms with Crippen LogP contribution in [0.4, 0.5) is 5.82 Å². The van der Waals surface area contributed by atoms with Crippen LogP contribution in [-0.4, -0.2) is 28.4 Å². The quantitative estimate of drug-likeness (QED) is 0.547. The zero-order valence-electron chi connectivity index (χ0n) is 8.36. The monoisotopic (exact) mass is 211 g/mol. The Morgan fingerprint density at radius 2 is 2.27 bits per heavy atom. The maximum Gasteiger partial charge on any atom is 0.239 e. The molecule has 0 aliphatic heterocycles. The van der Waals surface area contributed by atoms with Crippen LogP contribution in [0.25, 0.3) is 0 Å². The third-order valence-electron chi connectivity index (χ3n) is 1.89. The predicted molar refractivity (Wildman–Crippen MR) is 53.6 cm³/mol. The second-order valence-electron chi connectivity index (χ2n) is 3.02. The Morgan fingerprint density at radius 1 is 1.60 bits per heavy atom. The minimum absolute atomic E-state index is 0.0213. The number of aromatic nitrogens is 2. The molecule has 7 heteroatoms. The molecule has 0 saturated carbocycles. The van der Waals surface area contributed by atoms with Gasteiger partial charge in [-0.3, -0.25) is 9.59 Å². The van der Waals surface area contributed by atoms with Gasteiger partial charge in [0.1, 0.15) is 12.4 Å². The molecule has 0 bridgehead atoms. The lowest BCUT2D eigenvalue weighted by Gasteiger charge is -2.03. The summed E-state index contributed by atoms with van der Waals surface area (Å²) in [4.78, 5) is 25.6. The average Bonchev–Trinajstić information content (AvgIpc) is 2.49. The molecular formula is C8H13N5O2. The third-order valence-corrected chi connectivity index (χ3v) is 1.89. The first kappa shape index (κ1) is 11.0. The molecule has 15 heavy (non-hydrogen) atoms. The highest BCUT2D eigenvalue weighted by Gasteiger charge is 2.11. The smallest absolute Gasteiger partial charge is 0.239 e. The SMILES string of the molecule is CNC(=O)Cn1cnc(CC(N)=O)c1N. The van der Waals surface area contributed by atoms with Crippen LogP contribution in [0.15, 0.2) is 6.33 Å². The van der Waals surface area contributed by atoms with Gasteiger partial charge in [-0.25, -0.2) is 4.98 Å². The van der Waals surface area contributed by atoms with Crippen LogP contribution in [0.1, 0.15) is 5.69 Å². The van der Waals surface area contributed by atoms with Gasteiger partial charge in [0.2, 0.25) is 11.8 Å². The summed E-state index contributed by atoms with van der Waals surface area (Å²) in [6.45, 7) is 0.0775. The third kappa shape index (κ3) is 2.70. The Morgan fingerprint density at radius 3 is 2.80 bits per heavy atom. The van der Waals surface area contributed by atoms with Gasteiger partial charge in [0.05, 0.1) is 18.4 Å². The first-order valence-electron chi connectivity index (χ1n) is 4.33. The standard InChI is InChI=1S/C8H13N5O2/c1-11-7(15)3-13-4-12-5(8(13)10)2-6(9)14/h4H,2-3,10H2,1H3,(H2,9,14)(H,11,15). The van der Waals surface area contributed by atoms with Crippen molar-refractivity contribution in [2.24, 2.45) is 5.73 Å². The van der Waals surface area contributed by atoms with E-state index in [4.69, 9.17) is 11.5 Å². The molecule has 0 unspecified atom stereocenters. The van der Waals surface area contributed by atoms with Crippen LogP contribution in [-0.2, 0) is 22.6 Å². The van der Waals surface area contributed by atoms with Crippen molar-refractivity contribution in [1.82, 2.24) is 14.9 Å². The number of imidazole rings is 1. The van der Waals surface area contributed by atoms with Crippen molar-refractivity contribution in [3.8, 4) is 0 Å². The predicted octanol–water partition coefficient (Wildman–Crippen LogP) is -1.76. The minimum atomic E-state index is -0.508. The summed E-state index contributed by atoms with van der Waals surface area (Å²) in [5.74, 6) is -0.408. The fourth-order valence-corrected chi connectivity index (χ4v) is 1.09. The van der Waals surface area contributed by atoms with Crippen molar-refractivity contribution in [2.45, 2.75) is 13.0 Å². The van der Waals surface area contributed by atoms with Crippen LogP contribution >= 0.6 is 0 Å². The lowest BCUT2D eigenvalue weighted by molar-refractivity contribution is -0.121.